The molecule has 1 saturated carbocycles. The number of Topliss-reactive ketones (excluding diaryl/α,β-unsaturated/α-hetero) is 1. The van der Waals surface area contributed by atoms with Crippen molar-refractivity contribution < 1.29 is 14.4 Å². The van der Waals surface area contributed by atoms with Crippen LogP contribution >= 0.6 is 11.8 Å². The number of aryl methyl sites for hydroxylation is 1. The monoisotopic (exact) mass is 401 g/mol. The highest BCUT2D eigenvalue weighted by Crippen LogP contribution is 2.44. The molecule has 0 aromatic heterocycles. The summed E-state index contributed by atoms with van der Waals surface area (Å²) in [7, 11) is 0. The van der Waals surface area contributed by atoms with E-state index in [0.717, 1.165) is 37.9 Å². The number of fused-ring (bicyclic) bond motifs is 2. The van der Waals surface area contributed by atoms with Gasteiger partial charge in [0.25, 0.3) is 5.91 Å². The fourth-order valence-electron chi connectivity index (χ4n) is 4.33. The molecule has 0 radical (unpaired) electrons. The number of hydrogen-bond acceptors (Lipinski definition) is 4. The van der Waals surface area contributed by atoms with Gasteiger partial charge in [-0.3, -0.25) is 14.4 Å². The summed E-state index contributed by atoms with van der Waals surface area (Å²) in [5.41, 5.74) is 0.606. The van der Waals surface area contributed by atoms with Crippen LogP contribution in [0.5, 0.6) is 0 Å². The van der Waals surface area contributed by atoms with Crippen molar-refractivity contribution in [2.24, 2.45) is 11.3 Å². The van der Waals surface area contributed by atoms with Crippen molar-refractivity contribution in [2.45, 2.75) is 71.4 Å². The lowest BCUT2D eigenvalue weighted by molar-refractivity contribution is -0.153. The summed E-state index contributed by atoms with van der Waals surface area (Å²) in [5.74, 6) is 0.176. The van der Waals surface area contributed by atoms with Crippen molar-refractivity contribution in [3.05, 3.63) is 35.9 Å². The minimum atomic E-state index is -0.671. The number of piperidine rings is 1. The van der Waals surface area contributed by atoms with Crippen LogP contribution in [-0.2, 0) is 20.8 Å². The van der Waals surface area contributed by atoms with E-state index in [-0.39, 0.29) is 22.9 Å². The lowest BCUT2D eigenvalue weighted by atomic mass is 9.84. The third kappa shape index (κ3) is 4.35. The lowest BCUT2D eigenvalue weighted by Gasteiger charge is -2.35. The largest absolute Gasteiger partial charge is 0.322 e. The number of likely N-dealkylation sites (tertiary alicyclic amines) is 1. The second-order valence-electron chi connectivity index (χ2n) is 8.71. The Morgan fingerprint density at radius 1 is 1.14 bits per heavy atom. The molecule has 28 heavy (non-hydrogen) atoms. The average molecular weight is 402 g/mol. The average Bonchev–Trinajstić information content (AvgIpc) is 3.32. The van der Waals surface area contributed by atoms with Gasteiger partial charge in [0.05, 0.1) is 0 Å². The molecule has 3 rings (SSSR count). The molecular weight excluding hydrogens is 370 g/mol. The Bertz CT molecular complexity index is 731. The van der Waals surface area contributed by atoms with Crippen LogP contribution in [0.1, 0.15) is 58.4 Å². The van der Waals surface area contributed by atoms with Gasteiger partial charge in [0.2, 0.25) is 10.9 Å². The fourth-order valence-corrected chi connectivity index (χ4v) is 5.30. The molecule has 1 amide bonds. The van der Waals surface area contributed by atoms with Crippen molar-refractivity contribution in [3.8, 4) is 0 Å². The number of carbonyl (C=O) groups is 3. The van der Waals surface area contributed by atoms with E-state index in [1.165, 1.54) is 17.3 Å². The second-order valence-corrected chi connectivity index (χ2v) is 9.81. The third-order valence-corrected chi connectivity index (χ3v) is 7.47. The number of thioether (sulfide) groups is 1. The van der Waals surface area contributed by atoms with Gasteiger partial charge >= 0.3 is 0 Å². The molecule has 2 fully saturated rings. The van der Waals surface area contributed by atoms with Crippen molar-refractivity contribution in [1.29, 1.82) is 0 Å². The Morgan fingerprint density at radius 2 is 1.86 bits per heavy atom. The van der Waals surface area contributed by atoms with Crippen molar-refractivity contribution >= 4 is 28.6 Å². The highest BCUT2D eigenvalue weighted by Gasteiger charge is 2.53. The second kappa shape index (κ2) is 8.81. The molecule has 1 heterocycles. The fraction of sp³-hybridized carbons (Fsp3) is 0.609. The smallest absolute Gasteiger partial charge is 0.291 e. The maximum atomic E-state index is 13.0. The van der Waals surface area contributed by atoms with E-state index in [1.807, 2.05) is 39.0 Å². The van der Waals surface area contributed by atoms with Crippen LogP contribution in [0.4, 0.5) is 0 Å². The van der Waals surface area contributed by atoms with Crippen molar-refractivity contribution in [2.75, 3.05) is 5.75 Å². The molecule has 1 aliphatic carbocycles. The van der Waals surface area contributed by atoms with E-state index in [9.17, 15) is 14.4 Å². The molecule has 1 saturated heterocycles. The number of amides is 1. The molecule has 5 heteroatoms. The van der Waals surface area contributed by atoms with Crippen molar-refractivity contribution in [1.82, 2.24) is 4.90 Å². The molecular formula is C23H31NO3S. The summed E-state index contributed by atoms with van der Waals surface area (Å²) < 4.78 is 0. The molecule has 2 bridgehead atoms. The van der Waals surface area contributed by atoms with Crippen LogP contribution in [0, 0.1) is 11.3 Å². The molecule has 0 spiro atoms. The maximum absolute atomic E-state index is 13.0. The number of rotatable bonds is 8. The third-order valence-electron chi connectivity index (χ3n) is 6.45. The predicted molar refractivity (Wildman–Crippen MR) is 113 cm³/mol. The van der Waals surface area contributed by atoms with E-state index in [1.54, 1.807) is 4.90 Å². The number of carbonyl (C=O) groups excluding carboxylic acids is 3. The topological polar surface area (TPSA) is 54.5 Å². The zero-order chi connectivity index (χ0) is 20.3. The first-order chi connectivity index (χ1) is 13.3. The molecule has 2 aliphatic rings. The van der Waals surface area contributed by atoms with Gasteiger partial charge < -0.3 is 4.90 Å². The van der Waals surface area contributed by atoms with Crippen LogP contribution in [0.3, 0.4) is 0 Å². The Balaban J connectivity index is 1.60. The van der Waals surface area contributed by atoms with Crippen LogP contribution in [0.2, 0.25) is 0 Å². The Morgan fingerprint density at radius 3 is 2.54 bits per heavy atom. The van der Waals surface area contributed by atoms with Crippen LogP contribution in [0.15, 0.2) is 30.3 Å². The Labute approximate surface area is 172 Å². The van der Waals surface area contributed by atoms with Gasteiger partial charge in [0.1, 0.15) is 6.04 Å². The summed E-state index contributed by atoms with van der Waals surface area (Å²) in [4.78, 5) is 40.3. The first kappa shape index (κ1) is 21.1. The Kier molecular flexibility index (Phi) is 6.64. The van der Waals surface area contributed by atoms with Gasteiger partial charge in [0, 0.05) is 17.2 Å². The summed E-state index contributed by atoms with van der Waals surface area (Å²) in [5, 5.41) is 0.0655. The molecule has 0 N–H and O–H groups in total. The molecule has 1 aliphatic heterocycles. The minimum Gasteiger partial charge on any atom is -0.322 e. The highest BCUT2D eigenvalue weighted by atomic mass is 32.2. The van der Waals surface area contributed by atoms with Gasteiger partial charge in [-0.2, -0.15) is 0 Å². The van der Waals surface area contributed by atoms with Crippen LogP contribution < -0.4 is 0 Å². The van der Waals surface area contributed by atoms with Gasteiger partial charge in [-0.15, -0.1) is 0 Å². The highest BCUT2D eigenvalue weighted by molar-refractivity contribution is 8.13. The quantitative estimate of drug-likeness (QED) is 0.482. The zero-order valence-corrected chi connectivity index (χ0v) is 18.0. The predicted octanol–water partition coefficient (Wildman–Crippen LogP) is 4.26. The van der Waals surface area contributed by atoms with Gasteiger partial charge in [0.15, 0.2) is 0 Å². The molecule has 1 aromatic carbocycles. The summed E-state index contributed by atoms with van der Waals surface area (Å²) in [6.45, 7) is 5.56. The van der Waals surface area contributed by atoms with Crippen molar-refractivity contribution in [3.63, 3.8) is 0 Å². The Hall–Kier alpha value is -1.62. The number of hydrogen-bond donors (Lipinski definition) is 0. The standard InChI is InChI=1S/C23H31NO3S/c1-4-23(2,3)20(25)21(26)24-18-13-12-17(15-18)19(24)22(27)28-14-8-11-16-9-6-5-7-10-16/h5-7,9-10,17-19H,4,8,11-15H2,1-3H3/t17-,18+,19+/m0/s1. The maximum Gasteiger partial charge on any atom is 0.291 e. The zero-order valence-electron chi connectivity index (χ0n) is 17.1. The van der Waals surface area contributed by atoms with Crippen LogP contribution in [0.25, 0.3) is 0 Å². The normalized spacial score (nSPS) is 23.8. The first-order valence-corrected chi connectivity index (χ1v) is 11.4. The van der Waals surface area contributed by atoms with Gasteiger partial charge in [-0.25, -0.2) is 0 Å². The SMILES string of the molecule is CCC(C)(C)C(=O)C(=O)N1[C@@H]2CC[C@@H](C2)[C@@H]1C(=O)SCCCc1ccccc1. The van der Waals surface area contributed by atoms with E-state index in [4.69, 9.17) is 0 Å². The lowest BCUT2D eigenvalue weighted by Crippen LogP contribution is -2.53. The van der Waals surface area contributed by atoms with E-state index >= 15 is 0 Å². The van der Waals surface area contributed by atoms with E-state index < -0.39 is 17.4 Å². The number of benzene rings is 1. The van der Waals surface area contributed by atoms with Crippen LogP contribution in [-0.4, -0.2) is 39.5 Å². The van der Waals surface area contributed by atoms with Gasteiger partial charge in [-0.1, -0.05) is 62.9 Å². The number of nitrogens with zero attached hydrogens (tertiary/aromatic N) is 1. The molecule has 4 nitrogen and oxygen atoms in total. The van der Waals surface area contributed by atoms with E-state index in [0.29, 0.717) is 6.42 Å². The van der Waals surface area contributed by atoms with E-state index in [2.05, 4.69) is 12.1 Å². The minimum absolute atomic E-state index is 0.0629. The summed E-state index contributed by atoms with van der Waals surface area (Å²) in [6.07, 6.45) is 5.26. The molecule has 3 atom stereocenters. The summed E-state index contributed by atoms with van der Waals surface area (Å²) >= 11 is 1.33. The number of ketones is 1. The molecule has 0 unspecified atom stereocenters. The first-order valence-electron chi connectivity index (χ1n) is 10.4. The summed E-state index contributed by atoms with van der Waals surface area (Å²) in [6, 6.07) is 9.91. The molecule has 1 aromatic rings. The van der Waals surface area contributed by atoms with Gasteiger partial charge in [-0.05, 0) is 50.0 Å². The molecule has 152 valence electrons.